The first-order valence-electron chi connectivity index (χ1n) is 8.24. The van der Waals surface area contributed by atoms with Gasteiger partial charge in [0.15, 0.2) is 5.82 Å². The number of nitrogens with one attached hydrogen (secondary N) is 1. The van der Waals surface area contributed by atoms with E-state index in [1.54, 1.807) is 0 Å². The second-order valence-electron chi connectivity index (χ2n) is 6.33. The van der Waals surface area contributed by atoms with Gasteiger partial charge in [-0.15, -0.1) is 0 Å². The summed E-state index contributed by atoms with van der Waals surface area (Å²) in [6.45, 7) is -0.0270. The first kappa shape index (κ1) is 18.7. The van der Waals surface area contributed by atoms with Crippen LogP contribution in [0.15, 0.2) is 22.7 Å². The lowest BCUT2D eigenvalue weighted by atomic mass is 9.86. The lowest BCUT2D eigenvalue weighted by molar-refractivity contribution is -0.120. The van der Waals surface area contributed by atoms with Crippen molar-refractivity contribution in [2.24, 2.45) is 0 Å². The van der Waals surface area contributed by atoms with Gasteiger partial charge in [-0.25, -0.2) is 13.2 Å². The molecule has 1 aromatic heterocycles. The Balaban J connectivity index is 1.53. The largest absolute Gasteiger partial charge is 0.347 e. The van der Waals surface area contributed by atoms with Crippen LogP contribution in [0.25, 0.3) is 0 Å². The zero-order chi connectivity index (χ0) is 18.7. The fourth-order valence-corrected chi connectivity index (χ4v) is 3.13. The molecule has 1 heterocycles. The van der Waals surface area contributed by atoms with Crippen LogP contribution < -0.4 is 5.32 Å². The number of nitrogens with zero attached hydrogens (tertiary/aromatic N) is 2. The molecule has 0 saturated heterocycles. The zero-order valence-corrected chi connectivity index (χ0v) is 14.5. The monoisotopic (exact) mass is 387 g/mol. The number of carbonyl (C=O) groups excluding carboxylic acids is 1. The van der Waals surface area contributed by atoms with Gasteiger partial charge >= 0.3 is 0 Å². The van der Waals surface area contributed by atoms with Crippen molar-refractivity contribution in [1.29, 1.82) is 0 Å². The molecule has 9 heteroatoms. The fourth-order valence-electron chi connectivity index (χ4n) is 2.90. The molecule has 2 aromatic rings. The van der Waals surface area contributed by atoms with E-state index in [4.69, 9.17) is 16.1 Å². The fraction of sp³-hybridized carbons (Fsp3) is 0.471. The standard InChI is InChI=1S/C17H17ClF3N3O2/c18-12-2-1-3-13(19)11(12)8-14(25)22-9-15-23-16(24-26-15)10-4-6-17(20,21)7-5-10/h1-3,10H,4-9H2,(H,22,25). The topological polar surface area (TPSA) is 68.0 Å². The summed E-state index contributed by atoms with van der Waals surface area (Å²) in [7, 11) is 0. The van der Waals surface area contributed by atoms with Gasteiger partial charge in [-0.05, 0) is 25.0 Å². The Kier molecular flexibility index (Phi) is 5.50. The van der Waals surface area contributed by atoms with E-state index in [1.807, 2.05) is 0 Å². The van der Waals surface area contributed by atoms with Gasteiger partial charge in [0.25, 0.3) is 0 Å². The molecule has 1 aromatic carbocycles. The van der Waals surface area contributed by atoms with E-state index in [0.717, 1.165) is 0 Å². The number of aromatic nitrogens is 2. The predicted octanol–water partition coefficient (Wildman–Crippen LogP) is 4.01. The molecule has 1 N–H and O–H groups in total. The van der Waals surface area contributed by atoms with Crippen molar-refractivity contribution < 1.29 is 22.5 Å². The number of alkyl halides is 2. The first-order valence-corrected chi connectivity index (χ1v) is 8.62. The Labute approximate surface area is 152 Å². The molecule has 1 aliphatic carbocycles. The van der Waals surface area contributed by atoms with Crippen molar-refractivity contribution in [2.45, 2.75) is 50.5 Å². The zero-order valence-electron chi connectivity index (χ0n) is 13.8. The van der Waals surface area contributed by atoms with Crippen LogP contribution in [0, 0.1) is 5.82 Å². The van der Waals surface area contributed by atoms with Crippen LogP contribution in [0.3, 0.4) is 0 Å². The molecule has 0 aliphatic heterocycles. The second-order valence-corrected chi connectivity index (χ2v) is 6.74. The number of benzene rings is 1. The molecular weight excluding hydrogens is 371 g/mol. The summed E-state index contributed by atoms with van der Waals surface area (Å²) >= 11 is 5.89. The SMILES string of the molecule is O=C(Cc1c(F)cccc1Cl)NCc1nc(C2CCC(F)(F)CC2)no1. The van der Waals surface area contributed by atoms with Crippen molar-refractivity contribution >= 4 is 17.5 Å². The number of hydrogen-bond acceptors (Lipinski definition) is 4. The summed E-state index contributed by atoms with van der Waals surface area (Å²) in [6.07, 6.45) is -0.0121. The third-order valence-corrected chi connectivity index (χ3v) is 4.76. The maximum Gasteiger partial charge on any atom is 0.248 e. The molecular formula is C17H17ClF3N3O2. The van der Waals surface area contributed by atoms with E-state index >= 15 is 0 Å². The first-order chi connectivity index (χ1) is 12.3. The number of carbonyl (C=O) groups is 1. The Hall–Kier alpha value is -2.09. The molecule has 0 atom stereocenters. The highest BCUT2D eigenvalue weighted by Crippen LogP contribution is 2.39. The second kappa shape index (κ2) is 7.65. The number of halogens is 4. The normalized spacial score (nSPS) is 17.2. The molecule has 1 fully saturated rings. The minimum absolute atomic E-state index is 0.0270. The summed E-state index contributed by atoms with van der Waals surface area (Å²) in [5.74, 6) is -3.24. The summed E-state index contributed by atoms with van der Waals surface area (Å²) in [4.78, 5) is 16.1. The van der Waals surface area contributed by atoms with Gasteiger partial charge < -0.3 is 9.84 Å². The van der Waals surface area contributed by atoms with Crippen LogP contribution in [-0.4, -0.2) is 22.0 Å². The quantitative estimate of drug-likeness (QED) is 0.841. The van der Waals surface area contributed by atoms with E-state index in [2.05, 4.69) is 15.5 Å². The molecule has 0 bridgehead atoms. The molecule has 140 valence electrons. The summed E-state index contributed by atoms with van der Waals surface area (Å²) < 4.78 is 45.1. The lowest BCUT2D eigenvalue weighted by Crippen LogP contribution is -2.25. The third-order valence-electron chi connectivity index (χ3n) is 4.40. The molecule has 5 nitrogen and oxygen atoms in total. The van der Waals surface area contributed by atoms with Crippen LogP contribution in [-0.2, 0) is 17.8 Å². The van der Waals surface area contributed by atoms with Gasteiger partial charge in [0.1, 0.15) is 5.82 Å². The Morgan fingerprint density at radius 1 is 1.35 bits per heavy atom. The van der Waals surface area contributed by atoms with Crippen LogP contribution in [0.4, 0.5) is 13.2 Å². The van der Waals surface area contributed by atoms with E-state index in [9.17, 15) is 18.0 Å². The van der Waals surface area contributed by atoms with Gasteiger partial charge in [0.05, 0.1) is 13.0 Å². The molecule has 0 radical (unpaired) electrons. The number of hydrogen-bond donors (Lipinski definition) is 1. The number of amides is 1. The smallest absolute Gasteiger partial charge is 0.248 e. The number of rotatable bonds is 5. The van der Waals surface area contributed by atoms with Crippen molar-refractivity contribution in [1.82, 2.24) is 15.5 Å². The van der Waals surface area contributed by atoms with Crippen LogP contribution in [0.2, 0.25) is 5.02 Å². The lowest BCUT2D eigenvalue weighted by Gasteiger charge is -2.26. The van der Waals surface area contributed by atoms with E-state index in [0.29, 0.717) is 18.7 Å². The van der Waals surface area contributed by atoms with Gasteiger partial charge in [-0.1, -0.05) is 22.8 Å². The molecule has 0 spiro atoms. The average molecular weight is 388 g/mol. The average Bonchev–Trinajstić information content (AvgIpc) is 3.05. The Bertz CT molecular complexity index is 767. The molecule has 1 amide bonds. The molecule has 1 saturated carbocycles. The summed E-state index contributed by atoms with van der Waals surface area (Å²) in [6, 6.07) is 4.19. The maximum absolute atomic E-state index is 13.7. The minimum atomic E-state index is -2.62. The highest BCUT2D eigenvalue weighted by atomic mass is 35.5. The summed E-state index contributed by atoms with van der Waals surface area (Å²) in [5, 5.41) is 6.54. The minimum Gasteiger partial charge on any atom is -0.347 e. The van der Waals surface area contributed by atoms with E-state index < -0.39 is 17.6 Å². The Morgan fingerprint density at radius 3 is 2.77 bits per heavy atom. The Morgan fingerprint density at radius 2 is 2.08 bits per heavy atom. The third kappa shape index (κ3) is 4.55. The molecule has 0 unspecified atom stereocenters. The van der Waals surface area contributed by atoms with Crippen molar-refractivity contribution in [3.63, 3.8) is 0 Å². The van der Waals surface area contributed by atoms with Crippen molar-refractivity contribution in [3.8, 4) is 0 Å². The van der Waals surface area contributed by atoms with Crippen molar-refractivity contribution in [2.75, 3.05) is 0 Å². The maximum atomic E-state index is 13.7. The highest BCUT2D eigenvalue weighted by molar-refractivity contribution is 6.31. The predicted molar refractivity (Wildman–Crippen MR) is 87.4 cm³/mol. The van der Waals surface area contributed by atoms with Crippen LogP contribution in [0.1, 0.15) is 48.9 Å². The highest BCUT2D eigenvalue weighted by Gasteiger charge is 2.36. The van der Waals surface area contributed by atoms with E-state index in [-0.39, 0.29) is 48.2 Å². The van der Waals surface area contributed by atoms with Gasteiger partial charge in [0.2, 0.25) is 17.7 Å². The van der Waals surface area contributed by atoms with Gasteiger partial charge in [-0.2, -0.15) is 4.98 Å². The van der Waals surface area contributed by atoms with Crippen LogP contribution in [0.5, 0.6) is 0 Å². The molecule has 26 heavy (non-hydrogen) atoms. The van der Waals surface area contributed by atoms with Crippen molar-refractivity contribution in [3.05, 3.63) is 46.3 Å². The summed E-state index contributed by atoms with van der Waals surface area (Å²) in [5.41, 5.74) is 0.112. The van der Waals surface area contributed by atoms with Crippen LogP contribution >= 0.6 is 11.6 Å². The molecule has 3 rings (SSSR count). The van der Waals surface area contributed by atoms with Gasteiger partial charge in [-0.3, -0.25) is 4.79 Å². The molecule has 1 aliphatic rings. The van der Waals surface area contributed by atoms with Gasteiger partial charge in [0, 0.05) is 29.3 Å². The van der Waals surface area contributed by atoms with E-state index in [1.165, 1.54) is 18.2 Å².